The first-order valence-corrected chi connectivity index (χ1v) is 13.6. The van der Waals surface area contributed by atoms with Gasteiger partial charge in [-0.1, -0.05) is 24.3 Å². The summed E-state index contributed by atoms with van der Waals surface area (Å²) < 4.78 is 4.45. The number of hydrogen-bond donors (Lipinski definition) is 0. The fourth-order valence-electron chi connectivity index (χ4n) is 5.47. The summed E-state index contributed by atoms with van der Waals surface area (Å²) in [6.45, 7) is 12.9. The lowest BCUT2D eigenvalue weighted by atomic mass is 9.99. The Bertz CT molecular complexity index is 1550. The molecule has 0 aliphatic rings. The summed E-state index contributed by atoms with van der Waals surface area (Å²) in [5.41, 5.74) is 12.6. The molecular weight excluding hydrogens is 464 g/mol. The van der Waals surface area contributed by atoms with Crippen molar-refractivity contribution in [3.05, 3.63) is 129 Å². The lowest BCUT2D eigenvalue weighted by Gasteiger charge is -2.13. The molecule has 0 atom stereocenters. The van der Waals surface area contributed by atoms with Crippen molar-refractivity contribution in [3.8, 4) is 11.6 Å². The minimum absolute atomic E-state index is 0.931. The van der Waals surface area contributed by atoms with Gasteiger partial charge in [-0.3, -0.25) is 0 Å². The van der Waals surface area contributed by atoms with Crippen molar-refractivity contribution >= 4 is 0 Å². The van der Waals surface area contributed by atoms with Gasteiger partial charge in [0.1, 0.15) is 11.6 Å². The second-order valence-electron chi connectivity index (χ2n) is 10.7. The van der Waals surface area contributed by atoms with Gasteiger partial charge in [-0.2, -0.15) is 0 Å². The third kappa shape index (κ3) is 5.50. The summed E-state index contributed by atoms with van der Waals surface area (Å²) in [4.78, 5) is 9.81. The Morgan fingerprint density at radius 2 is 1.16 bits per heavy atom. The van der Waals surface area contributed by atoms with Crippen molar-refractivity contribution in [3.63, 3.8) is 0 Å². The summed E-state index contributed by atoms with van der Waals surface area (Å²) in [5.74, 6) is 2.02. The van der Waals surface area contributed by atoms with Gasteiger partial charge in [0.2, 0.25) is 0 Å². The summed E-state index contributed by atoms with van der Waals surface area (Å²) in [6.07, 6.45) is 5.97. The fraction of sp³-hybridized carbons (Fsp3) is 0.294. The molecule has 0 saturated carbocycles. The fourth-order valence-corrected chi connectivity index (χ4v) is 5.47. The third-order valence-electron chi connectivity index (χ3n) is 7.56. The molecule has 5 rings (SSSR count). The second kappa shape index (κ2) is 10.8. The van der Waals surface area contributed by atoms with Gasteiger partial charge in [0.15, 0.2) is 0 Å². The molecule has 0 bridgehead atoms. The van der Waals surface area contributed by atoms with Crippen LogP contribution in [-0.2, 0) is 25.7 Å². The predicted octanol–water partition coefficient (Wildman–Crippen LogP) is 7.48. The lowest BCUT2D eigenvalue weighted by Crippen LogP contribution is -2.05. The molecule has 0 aliphatic carbocycles. The Kier molecular flexibility index (Phi) is 7.33. The Hall–Kier alpha value is -3.92. The number of benzene rings is 1. The van der Waals surface area contributed by atoms with E-state index in [2.05, 4.69) is 124 Å². The zero-order chi connectivity index (χ0) is 26.8. The van der Waals surface area contributed by atoms with Gasteiger partial charge in [0, 0.05) is 34.7 Å². The molecule has 0 aliphatic heterocycles. The van der Waals surface area contributed by atoms with E-state index in [1.807, 2.05) is 0 Å². The number of rotatable bonds is 8. The molecule has 1 aromatic carbocycles. The van der Waals surface area contributed by atoms with Crippen molar-refractivity contribution in [2.45, 2.75) is 67.2 Å². The highest BCUT2D eigenvalue weighted by Crippen LogP contribution is 2.20. The first-order chi connectivity index (χ1) is 18.3. The van der Waals surface area contributed by atoms with E-state index < -0.39 is 0 Å². The zero-order valence-corrected chi connectivity index (χ0v) is 23.5. The minimum Gasteiger partial charge on any atom is -0.303 e. The van der Waals surface area contributed by atoms with E-state index in [1.165, 1.54) is 50.6 Å². The van der Waals surface area contributed by atoms with Crippen LogP contribution < -0.4 is 0 Å². The zero-order valence-electron chi connectivity index (χ0n) is 23.5. The molecular formula is C34H38N4. The van der Waals surface area contributed by atoms with Crippen LogP contribution in [0.3, 0.4) is 0 Å². The number of hydrogen-bond acceptors (Lipinski definition) is 2. The topological polar surface area (TPSA) is 35.6 Å². The summed E-state index contributed by atoms with van der Waals surface area (Å²) >= 11 is 0. The molecule has 0 N–H and O–H groups in total. The molecule has 4 nitrogen and oxygen atoms in total. The molecule has 0 radical (unpaired) electrons. The van der Waals surface area contributed by atoms with Crippen LogP contribution in [0.2, 0.25) is 0 Å². The van der Waals surface area contributed by atoms with Crippen molar-refractivity contribution in [2.75, 3.05) is 0 Å². The van der Waals surface area contributed by atoms with E-state index in [4.69, 9.17) is 9.97 Å². The molecule has 4 aromatic heterocycles. The summed E-state index contributed by atoms with van der Waals surface area (Å²) in [7, 11) is 0. The molecule has 0 saturated heterocycles. The van der Waals surface area contributed by atoms with Crippen molar-refractivity contribution in [2.24, 2.45) is 0 Å². The van der Waals surface area contributed by atoms with Gasteiger partial charge in [-0.05, 0) is 138 Å². The van der Waals surface area contributed by atoms with Gasteiger partial charge < -0.3 is 9.13 Å². The van der Waals surface area contributed by atoms with E-state index in [9.17, 15) is 0 Å². The number of aryl methyl sites for hydroxylation is 10. The molecule has 0 unspecified atom stereocenters. The highest BCUT2D eigenvalue weighted by atomic mass is 15.1. The van der Waals surface area contributed by atoms with Crippen LogP contribution in [-0.4, -0.2) is 19.1 Å². The largest absolute Gasteiger partial charge is 0.303 e. The first-order valence-electron chi connectivity index (χ1n) is 13.6. The maximum absolute atomic E-state index is 5.01. The maximum atomic E-state index is 5.01. The van der Waals surface area contributed by atoms with E-state index in [0.29, 0.717) is 0 Å². The summed E-state index contributed by atoms with van der Waals surface area (Å²) in [6, 6.07) is 24.2. The Labute approximate surface area is 227 Å². The van der Waals surface area contributed by atoms with Crippen LogP contribution in [0.15, 0.2) is 72.9 Å². The number of nitrogens with zero attached hydrogens (tertiary/aromatic N) is 4. The van der Waals surface area contributed by atoms with Crippen LogP contribution >= 0.6 is 0 Å². The standard InChI is InChI=1S/C34H38N4/c1-23-18-32(36-34(19-23)38-27(5)12-13-28(38)6)17-15-30-9-7-8-29(21-30)14-16-31-22-35-33(20-24(31)2)37-25(3)10-11-26(37)4/h7-13,18-22H,14-17H2,1-6H3. The van der Waals surface area contributed by atoms with Gasteiger partial charge in [-0.25, -0.2) is 9.97 Å². The van der Waals surface area contributed by atoms with Crippen LogP contribution in [0.4, 0.5) is 0 Å². The molecule has 0 spiro atoms. The van der Waals surface area contributed by atoms with Crippen LogP contribution in [0.1, 0.15) is 56.3 Å². The van der Waals surface area contributed by atoms with Gasteiger partial charge in [0.05, 0.1) is 0 Å². The number of pyridine rings is 2. The molecule has 194 valence electrons. The van der Waals surface area contributed by atoms with Crippen molar-refractivity contribution < 1.29 is 0 Å². The average Bonchev–Trinajstić information content (AvgIpc) is 3.41. The molecule has 0 fully saturated rings. The maximum Gasteiger partial charge on any atom is 0.137 e. The Balaban J connectivity index is 1.25. The van der Waals surface area contributed by atoms with Gasteiger partial charge in [0.25, 0.3) is 0 Å². The van der Waals surface area contributed by atoms with E-state index >= 15 is 0 Å². The Morgan fingerprint density at radius 3 is 1.76 bits per heavy atom. The lowest BCUT2D eigenvalue weighted by molar-refractivity contribution is 0.858. The van der Waals surface area contributed by atoms with Crippen LogP contribution in [0.5, 0.6) is 0 Å². The van der Waals surface area contributed by atoms with Crippen LogP contribution in [0.25, 0.3) is 11.6 Å². The van der Waals surface area contributed by atoms with E-state index in [1.54, 1.807) is 0 Å². The minimum atomic E-state index is 0.931. The quantitative estimate of drug-likeness (QED) is 0.220. The normalized spacial score (nSPS) is 11.3. The highest BCUT2D eigenvalue weighted by molar-refractivity contribution is 5.38. The van der Waals surface area contributed by atoms with Gasteiger partial charge >= 0.3 is 0 Å². The average molecular weight is 503 g/mol. The molecule has 38 heavy (non-hydrogen) atoms. The van der Waals surface area contributed by atoms with Crippen LogP contribution in [0, 0.1) is 41.5 Å². The molecule has 4 heteroatoms. The number of aromatic nitrogens is 4. The summed E-state index contributed by atoms with van der Waals surface area (Å²) in [5, 5.41) is 0. The highest BCUT2D eigenvalue weighted by Gasteiger charge is 2.10. The molecule has 4 heterocycles. The second-order valence-corrected chi connectivity index (χ2v) is 10.7. The monoisotopic (exact) mass is 502 g/mol. The smallest absolute Gasteiger partial charge is 0.137 e. The van der Waals surface area contributed by atoms with Crippen molar-refractivity contribution in [1.29, 1.82) is 0 Å². The third-order valence-corrected chi connectivity index (χ3v) is 7.56. The SMILES string of the molecule is Cc1cc(CCc2cccc(CCc3cnc(-n4c(C)ccc4C)cc3C)c2)nc(-n2c(C)ccc2C)c1. The van der Waals surface area contributed by atoms with Crippen molar-refractivity contribution in [1.82, 2.24) is 19.1 Å². The molecule has 0 amide bonds. The van der Waals surface area contributed by atoms with E-state index in [0.717, 1.165) is 43.0 Å². The Morgan fingerprint density at radius 1 is 0.579 bits per heavy atom. The first kappa shape index (κ1) is 25.7. The predicted molar refractivity (Wildman–Crippen MR) is 157 cm³/mol. The molecule has 5 aromatic rings. The van der Waals surface area contributed by atoms with E-state index in [-0.39, 0.29) is 0 Å². The van der Waals surface area contributed by atoms with Gasteiger partial charge in [-0.15, -0.1) is 0 Å².